The third-order valence-electron chi connectivity index (χ3n) is 6.60. The topological polar surface area (TPSA) is 73.0 Å². The molecule has 2 heterocycles. The SMILES string of the molecule is CN1CCN(S(=O)(=O)c2cc(C(=O)NCc3ccc(CN4CCCCC4)cc3)ccc2Cl)CC1. The van der Waals surface area contributed by atoms with Crippen molar-refractivity contribution in [1.82, 2.24) is 19.4 Å². The Morgan fingerprint density at radius 1 is 0.912 bits per heavy atom. The molecule has 34 heavy (non-hydrogen) atoms. The molecule has 1 N–H and O–H groups in total. The Labute approximate surface area is 207 Å². The van der Waals surface area contributed by atoms with Crippen molar-refractivity contribution in [1.29, 1.82) is 0 Å². The second-order valence-electron chi connectivity index (χ2n) is 9.19. The molecule has 2 aromatic rings. The van der Waals surface area contributed by atoms with Crippen molar-refractivity contribution in [2.45, 2.75) is 37.2 Å². The lowest BCUT2D eigenvalue weighted by Crippen LogP contribution is -2.47. The first kappa shape index (κ1) is 25.1. The maximum Gasteiger partial charge on any atom is 0.251 e. The van der Waals surface area contributed by atoms with Gasteiger partial charge in [-0.1, -0.05) is 42.3 Å². The summed E-state index contributed by atoms with van der Waals surface area (Å²) in [4.78, 5) is 17.3. The molecule has 2 aliphatic heterocycles. The zero-order valence-corrected chi connectivity index (χ0v) is 21.2. The van der Waals surface area contributed by atoms with Crippen LogP contribution in [0.15, 0.2) is 47.4 Å². The molecule has 0 bridgehead atoms. The summed E-state index contributed by atoms with van der Waals surface area (Å²) >= 11 is 6.24. The summed E-state index contributed by atoms with van der Waals surface area (Å²) in [5.41, 5.74) is 2.54. The Balaban J connectivity index is 1.37. The normalized spacial score (nSPS) is 18.6. The standard InChI is InChI=1S/C25H33ClN4O3S/c1-28-13-15-30(16-14-28)34(32,33)24-17-22(9-10-23(24)26)25(31)27-18-20-5-7-21(8-6-20)19-29-11-3-2-4-12-29/h5-10,17H,2-4,11-16,18-19H2,1H3,(H,27,31). The summed E-state index contributed by atoms with van der Waals surface area (Å²) in [6, 6.07) is 12.7. The largest absolute Gasteiger partial charge is 0.348 e. The number of rotatable bonds is 7. The first-order chi connectivity index (χ1) is 16.3. The van der Waals surface area contributed by atoms with Crippen LogP contribution in [0.2, 0.25) is 5.02 Å². The molecule has 2 fully saturated rings. The molecule has 0 atom stereocenters. The van der Waals surface area contributed by atoms with Gasteiger partial charge in [-0.2, -0.15) is 4.31 Å². The van der Waals surface area contributed by atoms with Crippen molar-refractivity contribution in [3.63, 3.8) is 0 Å². The number of hydrogen-bond donors (Lipinski definition) is 1. The van der Waals surface area contributed by atoms with Crippen molar-refractivity contribution in [2.75, 3.05) is 46.3 Å². The Morgan fingerprint density at radius 2 is 1.56 bits per heavy atom. The van der Waals surface area contributed by atoms with Gasteiger partial charge in [0.2, 0.25) is 10.0 Å². The van der Waals surface area contributed by atoms with Gasteiger partial charge in [-0.15, -0.1) is 0 Å². The maximum atomic E-state index is 13.1. The van der Waals surface area contributed by atoms with Crippen LogP contribution in [0.4, 0.5) is 0 Å². The second kappa shape index (κ2) is 11.2. The average molecular weight is 505 g/mol. The molecule has 184 valence electrons. The minimum absolute atomic E-state index is 0.0200. The molecular weight excluding hydrogens is 472 g/mol. The van der Waals surface area contributed by atoms with E-state index in [9.17, 15) is 13.2 Å². The molecule has 1 amide bonds. The van der Waals surface area contributed by atoms with E-state index < -0.39 is 10.0 Å². The van der Waals surface area contributed by atoms with Gasteiger partial charge in [0, 0.05) is 44.8 Å². The van der Waals surface area contributed by atoms with E-state index in [4.69, 9.17) is 11.6 Å². The molecule has 0 unspecified atom stereocenters. The van der Waals surface area contributed by atoms with Crippen LogP contribution < -0.4 is 5.32 Å². The lowest BCUT2D eigenvalue weighted by atomic mass is 10.1. The quantitative estimate of drug-likeness (QED) is 0.627. The van der Waals surface area contributed by atoms with Crippen molar-refractivity contribution in [3.05, 3.63) is 64.2 Å². The number of nitrogens with zero attached hydrogens (tertiary/aromatic N) is 3. The molecule has 2 aromatic carbocycles. The lowest BCUT2D eigenvalue weighted by molar-refractivity contribution is 0.0950. The van der Waals surface area contributed by atoms with E-state index in [0.717, 1.165) is 25.2 Å². The molecule has 0 radical (unpaired) electrons. The highest BCUT2D eigenvalue weighted by molar-refractivity contribution is 7.89. The van der Waals surface area contributed by atoms with Gasteiger partial charge in [-0.3, -0.25) is 9.69 Å². The van der Waals surface area contributed by atoms with E-state index in [1.807, 2.05) is 19.2 Å². The van der Waals surface area contributed by atoms with Gasteiger partial charge in [0.15, 0.2) is 0 Å². The number of sulfonamides is 1. The Bertz CT molecular complexity index is 1090. The van der Waals surface area contributed by atoms with Gasteiger partial charge in [0.25, 0.3) is 5.91 Å². The molecule has 0 aromatic heterocycles. The van der Waals surface area contributed by atoms with Crippen LogP contribution in [-0.2, 0) is 23.1 Å². The van der Waals surface area contributed by atoms with Crippen LogP contribution in [0, 0.1) is 0 Å². The van der Waals surface area contributed by atoms with Gasteiger partial charge < -0.3 is 10.2 Å². The van der Waals surface area contributed by atoms with E-state index in [1.54, 1.807) is 6.07 Å². The second-order valence-corrected chi connectivity index (χ2v) is 11.5. The molecule has 4 rings (SSSR count). The van der Waals surface area contributed by atoms with Crippen LogP contribution in [0.1, 0.15) is 40.7 Å². The van der Waals surface area contributed by atoms with Crippen LogP contribution in [0.5, 0.6) is 0 Å². The van der Waals surface area contributed by atoms with E-state index in [0.29, 0.717) is 32.7 Å². The van der Waals surface area contributed by atoms with Gasteiger partial charge >= 0.3 is 0 Å². The fraction of sp³-hybridized carbons (Fsp3) is 0.480. The fourth-order valence-electron chi connectivity index (χ4n) is 4.43. The monoisotopic (exact) mass is 504 g/mol. The zero-order valence-electron chi connectivity index (χ0n) is 19.7. The van der Waals surface area contributed by atoms with Gasteiger partial charge in [0.1, 0.15) is 4.90 Å². The Hall–Kier alpha value is -1.97. The highest BCUT2D eigenvalue weighted by Crippen LogP contribution is 2.26. The van der Waals surface area contributed by atoms with E-state index in [2.05, 4.69) is 27.2 Å². The fourth-order valence-corrected chi connectivity index (χ4v) is 6.36. The number of hydrogen-bond acceptors (Lipinski definition) is 5. The number of piperidine rings is 1. The van der Waals surface area contributed by atoms with Crippen LogP contribution >= 0.6 is 11.6 Å². The number of likely N-dealkylation sites (tertiary alicyclic amines) is 1. The average Bonchev–Trinajstić information content (AvgIpc) is 2.84. The summed E-state index contributed by atoms with van der Waals surface area (Å²) in [6.45, 7) is 5.77. The number of piperazine rings is 1. The number of halogens is 1. The van der Waals surface area contributed by atoms with Crippen LogP contribution in [0.25, 0.3) is 0 Å². The summed E-state index contributed by atoms with van der Waals surface area (Å²) in [5.74, 6) is -0.330. The first-order valence-corrected chi connectivity index (χ1v) is 13.7. The summed E-state index contributed by atoms with van der Waals surface area (Å²) in [6.07, 6.45) is 3.87. The highest BCUT2D eigenvalue weighted by atomic mass is 35.5. The number of carbonyl (C=O) groups is 1. The van der Waals surface area contributed by atoms with E-state index >= 15 is 0 Å². The molecule has 2 aliphatic rings. The van der Waals surface area contributed by atoms with E-state index in [1.165, 1.54) is 41.3 Å². The number of benzene rings is 2. The molecule has 7 nitrogen and oxygen atoms in total. The minimum atomic E-state index is -3.77. The Kier molecular flexibility index (Phi) is 8.26. The molecule has 0 saturated carbocycles. The minimum Gasteiger partial charge on any atom is -0.348 e. The molecule has 9 heteroatoms. The predicted molar refractivity (Wildman–Crippen MR) is 134 cm³/mol. The number of nitrogens with one attached hydrogen (secondary N) is 1. The lowest BCUT2D eigenvalue weighted by Gasteiger charge is -2.31. The zero-order chi connectivity index (χ0) is 24.1. The smallest absolute Gasteiger partial charge is 0.251 e. The van der Waals surface area contributed by atoms with E-state index in [-0.39, 0.29) is 21.4 Å². The highest BCUT2D eigenvalue weighted by Gasteiger charge is 2.30. The van der Waals surface area contributed by atoms with Gasteiger partial charge in [-0.05, 0) is 62.3 Å². The van der Waals surface area contributed by atoms with Crippen LogP contribution in [-0.4, -0.2) is 74.7 Å². The first-order valence-electron chi connectivity index (χ1n) is 11.9. The van der Waals surface area contributed by atoms with Gasteiger partial charge in [-0.25, -0.2) is 8.42 Å². The molecule has 0 aliphatic carbocycles. The Morgan fingerprint density at radius 3 is 2.24 bits per heavy atom. The van der Waals surface area contributed by atoms with Crippen molar-refractivity contribution >= 4 is 27.5 Å². The summed E-state index contributed by atoms with van der Waals surface area (Å²) < 4.78 is 27.7. The molecular formula is C25H33ClN4O3S. The van der Waals surface area contributed by atoms with Gasteiger partial charge in [0.05, 0.1) is 5.02 Å². The number of amides is 1. The third-order valence-corrected chi connectivity index (χ3v) is 8.98. The third kappa shape index (κ3) is 6.17. The van der Waals surface area contributed by atoms with Crippen molar-refractivity contribution in [2.24, 2.45) is 0 Å². The molecule has 0 spiro atoms. The van der Waals surface area contributed by atoms with Crippen molar-refractivity contribution < 1.29 is 13.2 Å². The maximum absolute atomic E-state index is 13.1. The predicted octanol–water partition coefficient (Wildman–Crippen LogP) is 3.19. The molecule has 2 saturated heterocycles. The summed E-state index contributed by atoms with van der Waals surface area (Å²) in [5, 5.41) is 3.02. The van der Waals surface area contributed by atoms with Crippen molar-refractivity contribution in [3.8, 4) is 0 Å². The summed E-state index contributed by atoms with van der Waals surface area (Å²) in [7, 11) is -1.80. The number of carbonyl (C=O) groups excluding carboxylic acids is 1. The van der Waals surface area contributed by atoms with Crippen LogP contribution in [0.3, 0.4) is 0 Å². The number of likely N-dealkylation sites (N-methyl/N-ethyl adjacent to an activating group) is 1.